The van der Waals surface area contributed by atoms with Crippen molar-refractivity contribution in [2.45, 2.75) is 40.0 Å². The molecule has 1 nitrogen and oxygen atoms in total. The van der Waals surface area contributed by atoms with Gasteiger partial charge in [0.2, 0.25) is 0 Å². The summed E-state index contributed by atoms with van der Waals surface area (Å²) in [5, 5.41) is 0. The second-order valence-electron chi connectivity index (χ2n) is 3.66. The van der Waals surface area contributed by atoms with Gasteiger partial charge in [0.25, 0.3) is 0 Å². The molecule has 0 saturated heterocycles. The lowest BCUT2D eigenvalue weighted by Gasteiger charge is -2.24. The first-order valence-electron chi connectivity index (χ1n) is 4.82. The maximum absolute atomic E-state index is 5.87. The minimum atomic E-state index is 0.273. The molecule has 0 aromatic carbocycles. The summed E-state index contributed by atoms with van der Waals surface area (Å²) >= 11 is 5.87. The molecule has 1 atom stereocenters. The van der Waals surface area contributed by atoms with Crippen LogP contribution in [-0.4, -0.2) is 19.1 Å². The van der Waals surface area contributed by atoms with Crippen LogP contribution in [0.5, 0.6) is 0 Å². The Morgan fingerprint density at radius 2 is 1.92 bits per heavy atom. The molecule has 12 heavy (non-hydrogen) atoms. The Balaban J connectivity index is 3.45. The van der Waals surface area contributed by atoms with E-state index in [-0.39, 0.29) is 5.41 Å². The predicted molar refractivity (Wildman–Crippen MR) is 54.8 cm³/mol. The summed E-state index contributed by atoms with van der Waals surface area (Å²) < 4.78 is 5.42. The molecule has 0 aliphatic rings. The fraction of sp³-hybridized carbons (Fsp3) is 1.00. The van der Waals surface area contributed by atoms with Crippen LogP contribution in [0.2, 0.25) is 0 Å². The normalized spacial score (nSPS) is 16.0. The third kappa shape index (κ3) is 5.00. The monoisotopic (exact) mass is 192 g/mol. The van der Waals surface area contributed by atoms with Crippen LogP contribution in [0.4, 0.5) is 0 Å². The van der Waals surface area contributed by atoms with Crippen LogP contribution in [0.15, 0.2) is 0 Å². The Hall–Kier alpha value is 0.250. The summed E-state index contributed by atoms with van der Waals surface area (Å²) in [6.45, 7) is 8.26. The van der Waals surface area contributed by atoms with E-state index >= 15 is 0 Å². The van der Waals surface area contributed by atoms with Crippen LogP contribution >= 0.6 is 11.6 Å². The van der Waals surface area contributed by atoms with E-state index < -0.39 is 0 Å². The highest BCUT2D eigenvalue weighted by Crippen LogP contribution is 2.26. The fourth-order valence-corrected chi connectivity index (χ4v) is 1.23. The molecular formula is C10H21ClO. The van der Waals surface area contributed by atoms with Crippen molar-refractivity contribution >= 4 is 11.6 Å². The molecule has 0 radical (unpaired) electrons. The first-order valence-corrected chi connectivity index (χ1v) is 5.35. The van der Waals surface area contributed by atoms with E-state index in [1.807, 2.05) is 0 Å². The third-order valence-corrected chi connectivity index (χ3v) is 3.02. The Bertz CT molecular complexity index is 100. The number of alkyl halides is 1. The molecule has 1 unspecified atom stereocenters. The topological polar surface area (TPSA) is 9.23 Å². The van der Waals surface area contributed by atoms with Gasteiger partial charge in [-0.05, 0) is 24.7 Å². The number of ether oxygens (including phenoxy) is 1. The maximum atomic E-state index is 5.87. The quantitative estimate of drug-likeness (QED) is 0.444. The van der Waals surface area contributed by atoms with Crippen LogP contribution in [0.25, 0.3) is 0 Å². The second kappa shape index (κ2) is 6.73. The van der Waals surface area contributed by atoms with E-state index in [4.69, 9.17) is 16.3 Å². The largest absolute Gasteiger partial charge is 0.381 e. The standard InChI is InChI=1S/C10H21ClO/c1-4-7-12-8-6-10(3,5-2)9-11/h4-9H2,1-3H3. The zero-order chi connectivity index (χ0) is 9.45. The Kier molecular flexibility index (Phi) is 6.87. The highest BCUT2D eigenvalue weighted by atomic mass is 35.5. The van der Waals surface area contributed by atoms with Gasteiger partial charge in [0, 0.05) is 19.1 Å². The van der Waals surface area contributed by atoms with Gasteiger partial charge in [0.1, 0.15) is 0 Å². The molecule has 0 N–H and O–H groups in total. The minimum Gasteiger partial charge on any atom is -0.381 e. The van der Waals surface area contributed by atoms with Gasteiger partial charge in [-0.25, -0.2) is 0 Å². The molecule has 0 bridgehead atoms. The van der Waals surface area contributed by atoms with Crippen molar-refractivity contribution in [1.82, 2.24) is 0 Å². The Morgan fingerprint density at radius 3 is 2.33 bits per heavy atom. The predicted octanol–water partition coefficient (Wildman–Crippen LogP) is 3.46. The van der Waals surface area contributed by atoms with Crippen LogP contribution in [0.1, 0.15) is 40.0 Å². The molecule has 0 aliphatic heterocycles. The van der Waals surface area contributed by atoms with Gasteiger partial charge in [-0.2, -0.15) is 0 Å². The number of hydrogen-bond acceptors (Lipinski definition) is 1. The van der Waals surface area contributed by atoms with Crippen LogP contribution in [-0.2, 0) is 4.74 Å². The second-order valence-corrected chi connectivity index (χ2v) is 3.93. The minimum absolute atomic E-state index is 0.273. The lowest BCUT2D eigenvalue weighted by atomic mass is 9.87. The molecule has 0 heterocycles. The van der Waals surface area contributed by atoms with Crippen molar-refractivity contribution < 1.29 is 4.74 Å². The van der Waals surface area contributed by atoms with Gasteiger partial charge >= 0.3 is 0 Å². The Labute approximate surface area is 81.4 Å². The maximum Gasteiger partial charge on any atom is 0.0471 e. The number of rotatable bonds is 7. The Morgan fingerprint density at radius 1 is 1.25 bits per heavy atom. The van der Waals surface area contributed by atoms with Gasteiger partial charge < -0.3 is 4.74 Å². The molecule has 0 aromatic heterocycles. The van der Waals surface area contributed by atoms with Crippen LogP contribution in [0.3, 0.4) is 0 Å². The van der Waals surface area contributed by atoms with Crippen molar-refractivity contribution in [2.24, 2.45) is 5.41 Å². The highest BCUT2D eigenvalue weighted by molar-refractivity contribution is 6.18. The summed E-state index contributed by atoms with van der Waals surface area (Å²) in [7, 11) is 0. The molecule has 0 saturated carbocycles. The van der Waals surface area contributed by atoms with Gasteiger partial charge in [0.05, 0.1) is 0 Å². The summed E-state index contributed by atoms with van der Waals surface area (Å²) in [6.07, 6.45) is 3.31. The van der Waals surface area contributed by atoms with E-state index in [1.165, 1.54) is 0 Å². The smallest absolute Gasteiger partial charge is 0.0471 e. The average Bonchev–Trinajstić information content (AvgIpc) is 2.12. The summed E-state index contributed by atoms with van der Waals surface area (Å²) in [5.74, 6) is 0.735. The first kappa shape index (κ1) is 12.2. The zero-order valence-corrected chi connectivity index (χ0v) is 9.28. The van der Waals surface area contributed by atoms with Crippen molar-refractivity contribution in [3.05, 3.63) is 0 Å². The number of hydrogen-bond donors (Lipinski definition) is 0. The highest BCUT2D eigenvalue weighted by Gasteiger charge is 2.19. The molecule has 0 spiro atoms. The van der Waals surface area contributed by atoms with Crippen molar-refractivity contribution in [1.29, 1.82) is 0 Å². The lowest BCUT2D eigenvalue weighted by molar-refractivity contribution is 0.104. The lowest BCUT2D eigenvalue weighted by Crippen LogP contribution is -2.19. The molecule has 0 amide bonds. The van der Waals surface area contributed by atoms with E-state index in [9.17, 15) is 0 Å². The summed E-state index contributed by atoms with van der Waals surface area (Å²) in [4.78, 5) is 0. The van der Waals surface area contributed by atoms with Gasteiger partial charge in [-0.1, -0.05) is 20.8 Å². The van der Waals surface area contributed by atoms with E-state index in [0.29, 0.717) is 0 Å². The van der Waals surface area contributed by atoms with Crippen molar-refractivity contribution in [3.8, 4) is 0 Å². The third-order valence-electron chi connectivity index (χ3n) is 2.37. The zero-order valence-electron chi connectivity index (χ0n) is 8.53. The molecule has 2 heteroatoms. The first-order chi connectivity index (χ1) is 5.68. The number of halogens is 1. The molecule has 0 aliphatic carbocycles. The van der Waals surface area contributed by atoms with E-state index in [0.717, 1.165) is 38.4 Å². The van der Waals surface area contributed by atoms with Gasteiger partial charge in [-0.15, -0.1) is 11.6 Å². The van der Waals surface area contributed by atoms with E-state index in [1.54, 1.807) is 0 Å². The SMILES string of the molecule is CCCOCCC(C)(CC)CCl. The molecule has 74 valence electrons. The fourth-order valence-electron chi connectivity index (χ4n) is 0.903. The molecule has 0 aromatic rings. The van der Waals surface area contributed by atoms with E-state index in [2.05, 4.69) is 20.8 Å². The molecule has 0 rings (SSSR count). The summed E-state index contributed by atoms with van der Waals surface area (Å²) in [5.41, 5.74) is 0.273. The average molecular weight is 193 g/mol. The summed E-state index contributed by atoms with van der Waals surface area (Å²) in [6, 6.07) is 0. The van der Waals surface area contributed by atoms with Gasteiger partial charge in [-0.3, -0.25) is 0 Å². The van der Waals surface area contributed by atoms with Gasteiger partial charge in [0.15, 0.2) is 0 Å². The van der Waals surface area contributed by atoms with Crippen molar-refractivity contribution in [3.63, 3.8) is 0 Å². The van der Waals surface area contributed by atoms with Crippen molar-refractivity contribution in [2.75, 3.05) is 19.1 Å². The molecular weight excluding hydrogens is 172 g/mol. The van der Waals surface area contributed by atoms with Crippen LogP contribution < -0.4 is 0 Å². The van der Waals surface area contributed by atoms with Crippen LogP contribution in [0, 0.1) is 5.41 Å². The molecule has 0 fully saturated rings.